The Bertz CT molecular complexity index is 1770. The Morgan fingerprint density at radius 1 is 1.12 bits per heavy atom. The second-order valence-electron chi connectivity index (χ2n) is 10.1. The van der Waals surface area contributed by atoms with Gasteiger partial charge in [0.25, 0.3) is 11.8 Å². The van der Waals surface area contributed by atoms with E-state index in [4.69, 9.17) is 4.74 Å². The molecule has 2 aromatic carbocycles. The van der Waals surface area contributed by atoms with Gasteiger partial charge >= 0.3 is 0 Å². The van der Waals surface area contributed by atoms with Crippen LogP contribution in [-0.4, -0.2) is 55.8 Å². The summed E-state index contributed by atoms with van der Waals surface area (Å²) < 4.78 is 20.9. The van der Waals surface area contributed by atoms with Gasteiger partial charge < -0.3 is 20.5 Å². The molecule has 208 valence electrons. The number of ether oxygens (including phenoxy) is 1. The number of benzene rings is 2. The van der Waals surface area contributed by atoms with E-state index in [1.807, 2.05) is 0 Å². The summed E-state index contributed by atoms with van der Waals surface area (Å²) in [5, 5.41) is 20.0. The van der Waals surface area contributed by atoms with Gasteiger partial charge in [0.1, 0.15) is 23.7 Å². The number of ketones is 2. The number of carbonyl (C=O) groups excluding carboxylic acids is 4. The normalized spacial score (nSPS) is 17.5. The third-order valence-corrected chi connectivity index (χ3v) is 7.23. The van der Waals surface area contributed by atoms with Crippen LogP contribution < -0.4 is 15.4 Å². The summed E-state index contributed by atoms with van der Waals surface area (Å²) in [4.78, 5) is 54.0. The Balaban J connectivity index is 1.24. The monoisotopic (exact) mass is 557 g/mol. The summed E-state index contributed by atoms with van der Waals surface area (Å²) in [6, 6.07) is 10.7. The fraction of sp³-hybridized carbons (Fsp3) is 0.241. The number of nitrogens with one attached hydrogen (secondary N) is 2. The number of aliphatic hydroxyl groups excluding tert-OH is 1. The Labute approximate surface area is 232 Å². The van der Waals surface area contributed by atoms with Crippen LogP contribution in [0, 0.1) is 5.82 Å². The highest BCUT2D eigenvalue weighted by Crippen LogP contribution is 2.33. The molecule has 1 aliphatic carbocycles. The lowest BCUT2D eigenvalue weighted by molar-refractivity contribution is -0.121. The average molecular weight is 558 g/mol. The molecule has 0 bridgehead atoms. The molecule has 1 aliphatic heterocycles. The summed E-state index contributed by atoms with van der Waals surface area (Å²) in [6.45, 7) is 1.57. The Morgan fingerprint density at radius 3 is 2.76 bits per heavy atom. The second-order valence-corrected chi connectivity index (χ2v) is 10.1. The summed E-state index contributed by atoms with van der Waals surface area (Å²) in [6.07, 6.45) is 0.412. The molecule has 0 spiro atoms. The van der Waals surface area contributed by atoms with E-state index < -0.39 is 29.8 Å². The number of carbonyl (C=O) groups is 4. The zero-order valence-corrected chi connectivity index (χ0v) is 21.8. The molecular weight excluding hydrogens is 533 g/mol. The van der Waals surface area contributed by atoms with Gasteiger partial charge in [0.05, 0.1) is 18.3 Å². The van der Waals surface area contributed by atoms with Crippen LogP contribution in [-0.2, 0) is 24.2 Å². The van der Waals surface area contributed by atoms with Crippen molar-refractivity contribution in [3.63, 3.8) is 0 Å². The van der Waals surface area contributed by atoms with E-state index in [0.717, 1.165) is 21.8 Å². The molecule has 2 aromatic heterocycles. The summed E-state index contributed by atoms with van der Waals surface area (Å²) >= 11 is 0. The lowest BCUT2D eigenvalue weighted by Crippen LogP contribution is -2.35. The Morgan fingerprint density at radius 2 is 1.95 bits per heavy atom. The molecule has 12 heteroatoms. The first kappa shape index (κ1) is 26.3. The van der Waals surface area contributed by atoms with Crippen LogP contribution in [0.5, 0.6) is 5.75 Å². The van der Waals surface area contributed by atoms with E-state index in [0.29, 0.717) is 22.4 Å². The van der Waals surface area contributed by atoms with E-state index in [2.05, 4.69) is 20.7 Å². The quantitative estimate of drug-likeness (QED) is 0.304. The Hall–Kier alpha value is -4.97. The highest BCUT2D eigenvalue weighted by atomic mass is 19.1. The summed E-state index contributed by atoms with van der Waals surface area (Å²) in [5.74, 6) is -1.73. The molecule has 11 nitrogen and oxygen atoms in total. The van der Waals surface area contributed by atoms with E-state index in [9.17, 15) is 28.7 Å². The highest BCUT2D eigenvalue weighted by molar-refractivity contribution is 5.98. The molecular formula is C29H24FN5O6. The molecule has 41 heavy (non-hydrogen) atoms. The average Bonchev–Trinajstić information content (AvgIpc) is 3.48. The number of hydrogen-bond acceptors (Lipinski definition) is 8. The standard InChI is InChI=1S/C29H24FN5O6/c1-14(36)16-3-4-20-17(7-16)9-24(38)26(20)34-29(40)23-10-22(33-27-21(30)12-32-35(23)27)28(39)31-11-15-2-5-25-18(6-15)8-19(37)13-41-25/h2-7,10,12,24,26,38H,8-9,11,13H2,1H3,(H,31,39)(H,34,40)/t24-,26+/m0/s1. The topological polar surface area (TPSA) is 152 Å². The first-order chi connectivity index (χ1) is 19.7. The SMILES string of the molecule is CC(=O)c1ccc2c(c1)C[C@H](O)[C@@H]2NC(=O)c1cc(C(=O)NCc2ccc3c(c2)CC(=O)CO3)nc2c(F)cnn12. The highest BCUT2D eigenvalue weighted by Gasteiger charge is 2.34. The summed E-state index contributed by atoms with van der Waals surface area (Å²) in [7, 11) is 0. The largest absolute Gasteiger partial charge is 0.486 e. The van der Waals surface area contributed by atoms with Crippen molar-refractivity contribution in [3.05, 3.63) is 93.7 Å². The maximum absolute atomic E-state index is 14.5. The van der Waals surface area contributed by atoms with Gasteiger partial charge in [-0.05, 0) is 41.8 Å². The van der Waals surface area contributed by atoms with Gasteiger partial charge in [-0.1, -0.05) is 18.2 Å². The van der Waals surface area contributed by atoms with Crippen molar-refractivity contribution in [2.45, 2.75) is 38.5 Å². The van der Waals surface area contributed by atoms with Gasteiger partial charge in [-0.3, -0.25) is 19.2 Å². The van der Waals surface area contributed by atoms with Crippen LogP contribution in [0.3, 0.4) is 0 Å². The zero-order chi connectivity index (χ0) is 28.8. The maximum Gasteiger partial charge on any atom is 0.270 e. The molecule has 3 heterocycles. The fourth-order valence-electron chi connectivity index (χ4n) is 5.17. The Kier molecular flexibility index (Phi) is 6.54. The van der Waals surface area contributed by atoms with Gasteiger partial charge in [-0.25, -0.2) is 13.9 Å². The lowest BCUT2D eigenvalue weighted by Gasteiger charge is -2.18. The molecule has 2 atom stereocenters. The molecule has 2 aliphatic rings. The minimum absolute atomic E-state index is 0.0330. The van der Waals surface area contributed by atoms with Crippen molar-refractivity contribution in [3.8, 4) is 5.75 Å². The molecule has 2 amide bonds. The van der Waals surface area contributed by atoms with Crippen LogP contribution in [0.2, 0.25) is 0 Å². The van der Waals surface area contributed by atoms with Gasteiger partial charge in [-0.2, -0.15) is 5.10 Å². The number of hydrogen-bond donors (Lipinski definition) is 3. The zero-order valence-electron chi connectivity index (χ0n) is 21.8. The smallest absolute Gasteiger partial charge is 0.270 e. The van der Waals surface area contributed by atoms with Crippen molar-refractivity contribution in [2.24, 2.45) is 0 Å². The van der Waals surface area contributed by atoms with Crippen molar-refractivity contribution >= 4 is 29.0 Å². The van der Waals surface area contributed by atoms with Crippen molar-refractivity contribution in [1.29, 1.82) is 0 Å². The van der Waals surface area contributed by atoms with Gasteiger partial charge in [0, 0.05) is 36.6 Å². The molecule has 0 radical (unpaired) electrons. The molecule has 0 saturated carbocycles. The van der Waals surface area contributed by atoms with Crippen LogP contribution in [0.4, 0.5) is 4.39 Å². The van der Waals surface area contributed by atoms with Crippen molar-refractivity contribution in [2.75, 3.05) is 6.61 Å². The van der Waals surface area contributed by atoms with Crippen LogP contribution in [0.15, 0.2) is 48.7 Å². The molecule has 0 saturated heterocycles. The third kappa shape index (κ3) is 4.93. The van der Waals surface area contributed by atoms with Crippen LogP contribution in [0.1, 0.15) is 66.6 Å². The number of amides is 2. The number of Topliss-reactive ketones (excluding diaryl/α,β-unsaturated/α-hetero) is 2. The first-order valence-electron chi connectivity index (χ1n) is 12.9. The predicted molar refractivity (Wildman–Crippen MR) is 141 cm³/mol. The third-order valence-electron chi connectivity index (χ3n) is 7.23. The molecule has 0 fully saturated rings. The van der Waals surface area contributed by atoms with E-state index >= 15 is 0 Å². The van der Waals surface area contributed by atoms with Crippen molar-refractivity contribution < 1.29 is 33.4 Å². The van der Waals surface area contributed by atoms with Crippen LogP contribution in [0.25, 0.3) is 5.65 Å². The minimum Gasteiger partial charge on any atom is -0.486 e. The first-order valence-corrected chi connectivity index (χ1v) is 12.9. The fourth-order valence-corrected chi connectivity index (χ4v) is 5.17. The van der Waals surface area contributed by atoms with E-state index in [-0.39, 0.29) is 54.6 Å². The summed E-state index contributed by atoms with van der Waals surface area (Å²) in [5.41, 5.74) is 2.64. The van der Waals surface area contributed by atoms with E-state index in [1.54, 1.807) is 36.4 Å². The van der Waals surface area contributed by atoms with Crippen molar-refractivity contribution in [1.82, 2.24) is 25.2 Å². The number of nitrogens with zero attached hydrogens (tertiary/aromatic N) is 3. The van der Waals surface area contributed by atoms with Gasteiger partial charge in [0.15, 0.2) is 23.0 Å². The van der Waals surface area contributed by atoms with Gasteiger partial charge in [0.2, 0.25) is 0 Å². The lowest BCUT2D eigenvalue weighted by atomic mass is 10.0. The number of fused-ring (bicyclic) bond motifs is 3. The number of halogens is 1. The predicted octanol–water partition coefficient (Wildman–Crippen LogP) is 1.89. The molecule has 3 N–H and O–H groups in total. The van der Waals surface area contributed by atoms with Crippen LogP contribution >= 0.6 is 0 Å². The molecule has 0 unspecified atom stereocenters. The van der Waals surface area contributed by atoms with Gasteiger partial charge in [-0.15, -0.1) is 0 Å². The molecule has 6 rings (SSSR count). The number of aromatic nitrogens is 3. The maximum atomic E-state index is 14.5. The second kappa shape index (κ2) is 10.2. The van der Waals surface area contributed by atoms with E-state index in [1.165, 1.54) is 13.0 Å². The number of aliphatic hydroxyl groups is 1. The molecule has 4 aromatic rings. The number of rotatable bonds is 6. The minimum atomic E-state index is -0.956.